The van der Waals surface area contributed by atoms with Gasteiger partial charge in [0.1, 0.15) is 5.65 Å². The average Bonchev–Trinajstić information content (AvgIpc) is 2.84. The molecule has 19 heavy (non-hydrogen) atoms. The van der Waals surface area contributed by atoms with Crippen LogP contribution in [0.2, 0.25) is 0 Å². The van der Waals surface area contributed by atoms with Crippen LogP contribution in [0.5, 0.6) is 0 Å². The van der Waals surface area contributed by atoms with E-state index < -0.39 is 5.97 Å². The quantitative estimate of drug-likeness (QED) is 0.879. The molecule has 0 saturated carbocycles. The highest BCUT2D eigenvalue weighted by molar-refractivity contribution is 5.94. The Balaban J connectivity index is 2.03. The molecule has 0 aromatic carbocycles. The molecule has 0 atom stereocenters. The number of rotatable bonds is 5. The van der Waals surface area contributed by atoms with Crippen LogP contribution in [-0.4, -0.2) is 44.9 Å². The van der Waals surface area contributed by atoms with E-state index in [0.717, 1.165) is 5.65 Å². The number of nitrogens with zero attached hydrogens (tertiary/aromatic N) is 3. The van der Waals surface area contributed by atoms with Gasteiger partial charge in [0.05, 0.1) is 5.56 Å². The highest BCUT2D eigenvalue weighted by Crippen LogP contribution is 2.08. The van der Waals surface area contributed by atoms with Crippen molar-refractivity contribution in [1.82, 2.24) is 14.3 Å². The lowest BCUT2D eigenvalue weighted by atomic mass is 10.2. The standard InChI is InChI=1S/C13H15N3O3/c1-15(7-2-3-12(17)18)13(19)10-4-5-11-14-6-8-16(11)9-10/h4-6,8-9H,2-3,7H2,1H3,(H,17,18). The summed E-state index contributed by atoms with van der Waals surface area (Å²) in [5.41, 5.74) is 1.34. The van der Waals surface area contributed by atoms with Gasteiger partial charge >= 0.3 is 5.97 Å². The first-order valence-corrected chi connectivity index (χ1v) is 5.98. The molecule has 2 aromatic rings. The average molecular weight is 261 g/mol. The number of imidazole rings is 1. The van der Waals surface area contributed by atoms with Crippen molar-refractivity contribution < 1.29 is 14.7 Å². The molecule has 0 spiro atoms. The fraction of sp³-hybridized carbons (Fsp3) is 0.308. The monoisotopic (exact) mass is 261 g/mol. The number of carboxylic acid groups (broad SMARTS) is 1. The van der Waals surface area contributed by atoms with E-state index in [1.807, 2.05) is 0 Å². The molecule has 1 amide bonds. The molecular formula is C13H15N3O3. The Morgan fingerprint density at radius 1 is 1.42 bits per heavy atom. The van der Waals surface area contributed by atoms with Crippen LogP contribution in [0.3, 0.4) is 0 Å². The van der Waals surface area contributed by atoms with Crippen LogP contribution < -0.4 is 0 Å². The zero-order valence-corrected chi connectivity index (χ0v) is 10.6. The Morgan fingerprint density at radius 2 is 2.21 bits per heavy atom. The maximum absolute atomic E-state index is 12.1. The maximum atomic E-state index is 12.1. The van der Waals surface area contributed by atoms with Crippen LogP contribution in [0.25, 0.3) is 5.65 Å². The Labute approximate surface area is 110 Å². The van der Waals surface area contributed by atoms with Crippen molar-refractivity contribution in [1.29, 1.82) is 0 Å². The van der Waals surface area contributed by atoms with Gasteiger partial charge in [-0.25, -0.2) is 4.98 Å². The fourth-order valence-corrected chi connectivity index (χ4v) is 1.84. The van der Waals surface area contributed by atoms with Crippen LogP contribution in [0, 0.1) is 0 Å². The van der Waals surface area contributed by atoms with Crippen LogP contribution in [0.1, 0.15) is 23.2 Å². The SMILES string of the molecule is CN(CCCC(=O)O)C(=O)c1ccc2nccn2c1. The number of aliphatic carboxylic acids is 1. The smallest absolute Gasteiger partial charge is 0.303 e. The Hall–Kier alpha value is -2.37. The normalized spacial score (nSPS) is 10.6. The van der Waals surface area contributed by atoms with Crippen LogP contribution in [0.4, 0.5) is 0 Å². The molecule has 1 N–H and O–H groups in total. The molecule has 0 aliphatic carbocycles. The third kappa shape index (κ3) is 3.09. The van der Waals surface area contributed by atoms with Crippen molar-refractivity contribution >= 4 is 17.5 Å². The Morgan fingerprint density at radius 3 is 2.95 bits per heavy atom. The molecular weight excluding hydrogens is 246 g/mol. The molecule has 0 aliphatic heterocycles. The first kappa shape index (κ1) is 13.1. The zero-order chi connectivity index (χ0) is 13.8. The molecule has 6 heteroatoms. The van der Waals surface area contributed by atoms with Gasteiger partial charge in [0, 0.05) is 38.6 Å². The number of amides is 1. The van der Waals surface area contributed by atoms with Crippen LogP contribution in [-0.2, 0) is 4.79 Å². The van der Waals surface area contributed by atoms with E-state index in [9.17, 15) is 9.59 Å². The molecule has 100 valence electrons. The molecule has 0 radical (unpaired) electrons. The predicted octanol–water partition coefficient (Wildman–Crippen LogP) is 1.27. The number of carbonyl (C=O) groups is 2. The number of aromatic nitrogens is 2. The van der Waals surface area contributed by atoms with E-state index in [-0.39, 0.29) is 12.3 Å². The summed E-state index contributed by atoms with van der Waals surface area (Å²) in [4.78, 5) is 28.2. The summed E-state index contributed by atoms with van der Waals surface area (Å²) >= 11 is 0. The molecule has 2 aromatic heterocycles. The number of carboxylic acids is 1. The Kier molecular flexibility index (Phi) is 3.79. The van der Waals surface area contributed by atoms with Crippen molar-refractivity contribution in [2.45, 2.75) is 12.8 Å². The lowest BCUT2D eigenvalue weighted by Gasteiger charge is -2.16. The van der Waals surface area contributed by atoms with E-state index in [1.54, 1.807) is 42.2 Å². The molecule has 0 bridgehead atoms. The highest BCUT2D eigenvalue weighted by Gasteiger charge is 2.12. The van der Waals surface area contributed by atoms with Gasteiger partial charge in [-0.15, -0.1) is 0 Å². The number of hydrogen-bond acceptors (Lipinski definition) is 3. The minimum absolute atomic E-state index is 0.0676. The Bertz CT molecular complexity index is 606. The van der Waals surface area contributed by atoms with Gasteiger partial charge in [-0.3, -0.25) is 9.59 Å². The second-order valence-corrected chi connectivity index (χ2v) is 4.33. The summed E-state index contributed by atoms with van der Waals surface area (Å²) in [5, 5.41) is 8.56. The molecule has 0 unspecified atom stereocenters. The fourth-order valence-electron chi connectivity index (χ4n) is 1.84. The van der Waals surface area contributed by atoms with Gasteiger partial charge < -0.3 is 14.4 Å². The van der Waals surface area contributed by atoms with Gasteiger partial charge in [-0.05, 0) is 18.6 Å². The molecule has 2 rings (SSSR count). The molecule has 0 fully saturated rings. The van der Waals surface area contributed by atoms with E-state index in [0.29, 0.717) is 18.5 Å². The number of carbonyl (C=O) groups excluding carboxylic acids is 1. The summed E-state index contributed by atoms with van der Waals surface area (Å²) < 4.78 is 1.78. The minimum atomic E-state index is -0.847. The second-order valence-electron chi connectivity index (χ2n) is 4.33. The van der Waals surface area contributed by atoms with Crippen LogP contribution >= 0.6 is 0 Å². The van der Waals surface area contributed by atoms with Crippen molar-refractivity contribution in [3.8, 4) is 0 Å². The first-order valence-electron chi connectivity index (χ1n) is 5.98. The lowest BCUT2D eigenvalue weighted by molar-refractivity contribution is -0.137. The van der Waals surface area contributed by atoms with Gasteiger partial charge in [0.25, 0.3) is 5.91 Å². The maximum Gasteiger partial charge on any atom is 0.303 e. The first-order chi connectivity index (χ1) is 9.08. The van der Waals surface area contributed by atoms with Gasteiger partial charge in [0.2, 0.25) is 0 Å². The molecule has 2 heterocycles. The van der Waals surface area contributed by atoms with E-state index in [2.05, 4.69) is 4.98 Å². The van der Waals surface area contributed by atoms with E-state index in [1.165, 1.54) is 4.90 Å². The largest absolute Gasteiger partial charge is 0.481 e. The summed E-state index contributed by atoms with van der Waals surface area (Å²) in [6, 6.07) is 3.50. The predicted molar refractivity (Wildman–Crippen MR) is 69.0 cm³/mol. The number of fused-ring (bicyclic) bond motifs is 1. The third-order valence-electron chi connectivity index (χ3n) is 2.87. The summed E-state index contributed by atoms with van der Waals surface area (Å²) in [7, 11) is 1.67. The van der Waals surface area contributed by atoms with Gasteiger partial charge in [0.15, 0.2) is 0 Å². The van der Waals surface area contributed by atoms with Crippen molar-refractivity contribution in [2.75, 3.05) is 13.6 Å². The number of pyridine rings is 1. The number of hydrogen-bond donors (Lipinski definition) is 1. The summed E-state index contributed by atoms with van der Waals surface area (Å²) in [5.74, 6) is -0.971. The molecule has 0 aliphatic rings. The van der Waals surface area contributed by atoms with Gasteiger partial charge in [-0.1, -0.05) is 0 Å². The molecule has 6 nitrogen and oxygen atoms in total. The van der Waals surface area contributed by atoms with E-state index in [4.69, 9.17) is 5.11 Å². The van der Waals surface area contributed by atoms with Crippen LogP contribution in [0.15, 0.2) is 30.7 Å². The summed E-state index contributed by atoms with van der Waals surface area (Å²) in [6.45, 7) is 0.424. The van der Waals surface area contributed by atoms with Gasteiger partial charge in [-0.2, -0.15) is 0 Å². The third-order valence-corrected chi connectivity index (χ3v) is 2.87. The topological polar surface area (TPSA) is 74.9 Å². The van der Waals surface area contributed by atoms with Crippen molar-refractivity contribution in [2.24, 2.45) is 0 Å². The summed E-state index contributed by atoms with van der Waals surface area (Å²) in [6.07, 6.45) is 5.68. The lowest BCUT2D eigenvalue weighted by Crippen LogP contribution is -2.28. The minimum Gasteiger partial charge on any atom is -0.481 e. The molecule has 0 saturated heterocycles. The second kappa shape index (κ2) is 5.51. The van der Waals surface area contributed by atoms with Crippen molar-refractivity contribution in [3.63, 3.8) is 0 Å². The highest BCUT2D eigenvalue weighted by atomic mass is 16.4. The van der Waals surface area contributed by atoms with Crippen molar-refractivity contribution in [3.05, 3.63) is 36.3 Å². The zero-order valence-electron chi connectivity index (χ0n) is 10.6. The van der Waals surface area contributed by atoms with E-state index >= 15 is 0 Å².